The Labute approximate surface area is 131 Å². The molecular formula is C19H22N2O. The van der Waals surface area contributed by atoms with E-state index in [4.69, 9.17) is 0 Å². The monoisotopic (exact) mass is 294 g/mol. The number of ketones is 1. The van der Waals surface area contributed by atoms with Crippen molar-refractivity contribution in [2.24, 2.45) is 5.92 Å². The molecule has 114 valence electrons. The molecule has 1 aliphatic carbocycles. The normalized spacial score (nSPS) is 32.0. The smallest absolute Gasteiger partial charge is 0.166 e. The molecule has 2 aliphatic heterocycles. The lowest BCUT2D eigenvalue weighted by Gasteiger charge is -2.39. The summed E-state index contributed by atoms with van der Waals surface area (Å²) in [6, 6.07) is 11.3. The Kier molecular flexibility index (Phi) is 3.31. The van der Waals surface area contributed by atoms with Crippen LogP contribution in [0.15, 0.2) is 24.3 Å². The molecule has 2 bridgehead atoms. The standard InChI is InChI=1S/C19H22N2O/c20-12-19(7-8-19)15-4-1-3-13(9-15)18(22)14-10-16-5-2-6-17(11-14)21-16/h1,3-4,9,14,16-17,21H,2,5-8,10-11H2. The van der Waals surface area contributed by atoms with Gasteiger partial charge in [0.05, 0.1) is 11.5 Å². The van der Waals surface area contributed by atoms with Crippen molar-refractivity contribution in [3.63, 3.8) is 0 Å². The lowest BCUT2D eigenvalue weighted by molar-refractivity contribution is 0.0825. The van der Waals surface area contributed by atoms with Gasteiger partial charge in [-0.25, -0.2) is 0 Å². The predicted molar refractivity (Wildman–Crippen MR) is 84.6 cm³/mol. The number of hydrogen-bond donors (Lipinski definition) is 1. The fraction of sp³-hybridized carbons (Fsp3) is 0.579. The highest BCUT2D eigenvalue weighted by Gasteiger charge is 2.45. The number of benzene rings is 1. The van der Waals surface area contributed by atoms with Crippen LogP contribution in [0.25, 0.3) is 0 Å². The largest absolute Gasteiger partial charge is 0.311 e. The van der Waals surface area contributed by atoms with Crippen molar-refractivity contribution in [3.8, 4) is 6.07 Å². The average Bonchev–Trinajstić information content (AvgIpc) is 3.35. The van der Waals surface area contributed by atoms with Gasteiger partial charge < -0.3 is 5.32 Å². The Morgan fingerprint density at radius 1 is 1.23 bits per heavy atom. The third-order valence-electron chi connectivity index (χ3n) is 5.75. The van der Waals surface area contributed by atoms with Gasteiger partial charge in [0.2, 0.25) is 0 Å². The number of fused-ring (bicyclic) bond motifs is 2. The van der Waals surface area contributed by atoms with E-state index in [-0.39, 0.29) is 17.1 Å². The molecule has 0 spiro atoms. The van der Waals surface area contributed by atoms with Gasteiger partial charge in [-0.3, -0.25) is 4.79 Å². The number of piperidine rings is 2. The summed E-state index contributed by atoms with van der Waals surface area (Å²) >= 11 is 0. The molecule has 1 aromatic rings. The van der Waals surface area contributed by atoms with Crippen LogP contribution in [0, 0.1) is 17.2 Å². The second-order valence-corrected chi connectivity index (χ2v) is 7.30. The molecule has 1 aromatic carbocycles. The zero-order valence-corrected chi connectivity index (χ0v) is 12.8. The van der Waals surface area contributed by atoms with Crippen LogP contribution in [0.4, 0.5) is 0 Å². The first kappa shape index (κ1) is 14.0. The van der Waals surface area contributed by atoms with Crippen LogP contribution >= 0.6 is 0 Å². The van der Waals surface area contributed by atoms with E-state index in [2.05, 4.69) is 11.4 Å². The van der Waals surface area contributed by atoms with Gasteiger partial charge in [-0.1, -0.05) is 24.6 Å². The van der Waals surface area contributed by atoms with E-state index in [1.54, 1.807) is 0 Å². The lowest BCUT2D eigenvalue weighted by Crippen LogP contribution is -2.50. The lowest BCUT2D eigenvalue weighted by atomic mass is 9.77. The number of carbonyl (C=O) groups is 1. The molecule has 0 amide bonds. The van der Waals surface area contributed by atoms with Crippen LogP contribution in [0.2, 0.25) is 0 Å². The van der Waals surface area contributed by atoms with Crippen LogP contribution in [0.5, 0.6) is 0 Å². The highest BCUT2D eigenvalue weighted by atomic mass is 16.1. The molecule has 0 radical (unpaired) electrons. The molecule has 1 saturated carbocycles. The second kappa shape index (κ2) is 5.21. The molecule has 3 aliphatic rings. The minimum atomic E-state index is -0.305. The van der Waals surface area contributed by atoms with E-state index < -0.39 is 0 Å². The molecule has 3 heteroatoms. The van der Waals surface area contributed by atoms with E-state index in [0.717, 1.165) is 36.8 Å². The number of nitrogens with zero attached hydrogens (tertiary/aromatic N) is 1. The third kappa shape index (κ3) is 2.36. The van der Waals surface area contributed by atoms with Crippen molar-refractivity contribution in [3.05, 3.63) is 35.4 Å². The summed E-state index contributed by atoms with van der Waals surface area (Å²) < 4.78 is 0. The van der Waals surface area contributed by atoms with Crippen LogP contribution in [0.3, 0.4) is 0 Å². The van der Waals surface area contributed by atoms with E-state index in [9.17, 15) is 10.1 Å². The van der Waals surface area contributed by atoms with Crippen molar-refractivity contribution < 1.29 is 4.79 Å². The summed E-state index contributed by atoms with van der Waals surface area (Å²) in [5, 5.41) is 13.0. The van der Waals surface area contributed by atoms with Crippen molar-refractivity contribution in [1.29, 1.82) is 5.26 Å². The minimum Gasteiger partial charge on any atom is -0.311 e. The predicted octanol–water partition coefficient (Wildman–Crippen LogP) is 3.35. The molecule has 2 heterocycles. The van der Waals surface area contributed by atoms with E-state index in [1.807, 2.05) is 24.3 Å². The molecule has 2 unspecified atom stereocenters. The zero-order chi connectivity index (χ0) is 15.2. The number of nitrogens with one attached hydrogen (secondary N) is 1. The molecule has 4 rings (SSSR count). The van der Waals surface area contributed by atoms with E-state index >= 15 is 0 Å². The van der Waals surface area contributed by atoms with Crippen molar-refractivity contribution in [1.82, 2.24) is 5.32 Å². The first-order chi connectivity index (χ1) is 10.7. The minimum absolute atomic E-state index is 0.157. The number of Topliss-reactive ketones (excluding diaryl/α,β-unsaturated/α-hetero) is 1. The molecular weight excluding hydrogens is 272 g/mol. The molecule has 3 fully saturated rings. The first-order valence-electron chi connectivity index (χ1n) is 8.52. The van der Waals surface area contributed by atoms with Crippen LogP contribution in [-0.2, 0) is 5.41 Å². The summed E-state index contributed by atoms with van der Waals surface area (Å²) in [4.78, 5) is 12.9. The third-order valence-corrected chi connectivity index (χ3v) is 5.75. The number of carbonyl (C=O) groups excluding carboxylic acids is 1. The average molecular weight is 294 g/mol. The Balaban J connectivity index is 1.56. The van der Waals surface area contributed by atoms with Gasteiger partial charge in [0, 0.05) is 23.6 Å². The number of hydrogen-bond acceptors (Lipinski definition) is 3. The maximum absolute atomic E-state index is 12.9. The van der Waals surface area contributed by atoms with Gasteiger partial charge >= 0.3 is 0 Å². The van der Waals surface area contributed by atoms with Gasteiger partial charge in [-0.2, -0.15) is 5.26 Å². The summed E-state index contributed by atoms with van der Waals surface area (Å²) in [6.07, 6.45) is 7.52. The fourth-order valence-electron chi connectivity index (χ4n) is 4.28. The fourth-order valence-corrected chi connectivity index (χ4v) is 4.28. The SMILES string of the molecule is N#CC1(c2cccc(C(=O)C3CC4CCCC(C3)N4)c2)CC1. The summed E-state index contributed by atoms with van der Waals surface area (Å²) in [5.41, 5.74) is 1.54. The Hall–Kier alpha value is -1.66. The maximum Gasteiger partial charge on any atom is 0.166 e. The quantitative estimate of drug-likeness (QED) is 0.870. The van der Waals surface area contributed by atoms with Crippen molar-refractivity contribution >= 4 is 5.78 Å². The zero-order valence-electron chi connectivity index (χ0n) is 12.8. The van der Waals surface area contributed by atoms with E-state index in [1.165, 1.54) is 19.3 Å². The molecule has 3 nitrogen and oxygen atoms in total. The molecule has 2 saturated heterocycles. The van der Waals surface area contributed by atoms with Gasteiger partial charge in [-0.05, 0) is 50.2 Å². The van der Waals surface area contributed by atoms with Gasteiger partial charge in [0.15, 0.2) is 5.78 Å². The van der Waals surface area contributed by atoms with Gasteiger partial charge in [-0.15, -0.1) is 0 Å². The Bertz CT molecular complexity index is 629. The van der Waals surface area contributed by atoms with Gasteiger partial charge in [0.25, 0.3) is 0 Å². The highest BCUT2D eigenvalue weighted by Crippen LogP contribution is 2.47. The van der Waals surface area contributed by atoms with E-state index in [0.29, 0.717) is 12.1 Å². The molecule has 2 atom stereocenters. The van der Waals surface area contributed by atoms with Gasteiger partial charge in [0.1, 0.15) is 0 Å². The first-order valence-corrected chi connectivity index (χ1v) is 8.52. The van der Waals surface area contributed by atoms with Crippen LogP contribution in [-0.4, -0.2) is 17.9 Å². The Morgan fingerprint density at radius 3 is 2.59 bits per heavy atom. The molecule has 1 N–H and O–H groups in total. The second-order valence-electron chi connectivity index (χ2n) is 7.30. The Morgan fingerprint density at radius 2 is 1.95 bits per heavy atom. The summed E-state index contributed by atoms with van der Waals surface area (Å²) in [7, 11) is 0. The molecule has 22 heavy (non-hydrogen) atoms. The van der Waals surface area contributed by atoms with Crippen LogP contribution in [0.1, 0.15) is 60.9 Å². The van der Waals surface area contributed by atoms with Crippen LogP contribution < -0.4 is 5.32 Å². The number of nitriles is 1. The van der Waals surface area contributed by atoms with Crippen molar-refractivity contribution in [2.45, 2.75) is 62.4 Å². The maximum atomic E-state index is 12.9. The number of rotatable bonds is 3. The van der Waals surface area contributed by atoms with Crippen molar-refractivity contribution in [2.75, 3.05) is 0 Å². The topological polar surface area (TPSA) is 52.9 Å². The summed E-state index contributed by atoms with van der Waals surface area (Å²) in [5.74, 6) is 0.443. The molecule has 0 aromatic heterocycles. The summed E-state index contributed by atoms with van der Waals surface area (Å²) in [6.45, 7) is 0. The highest BCUT2D eigenvalue weighted by molar-refractivity contribution is 5.98.